The van der Waals surface area contributed by atoms with Crippen molar-refractivity contribution in [1.82, 2.24) is 20.1 Å². The van der Waals surface area contributed by atoms with Crippen molar-refractivity contribution in [1.29, 1.82) is 0 Å². The van der Waals surface area contributed by atoms with E-state index < -0.39 is 0 Å². The van der Waals surface area contributed by atoms with Crippen molar-refractivity contribution in [3.05, 3.63) is 81.9 Å². The summed E-state index contributed by atoms with van der Waals surface area (Å²) in [6, 6.07) is 13.4. The molecule has 0 unspecified atom stereocenters. The fourth-order valence-corrected chi connectivity index (χ4v) is 2.89. The molecule has 2 heterocycles. The van der Waals surface area contributed by atoms with E-state index in [1.165, 1.54) is 11.8 Å². The molecule has 25 heavy (non-hydrogen) atoms. The Morgan fingerprint density at radius 2 is 1.96 bits per heavy atom. The summed E-state index contributed by atoms with van der Waals surface area (Å²) < 4.78 is 1.97. The number of carbonyl (C=O) groups is 1. The second kappa shape index (κ2) is 7.49. The molecular formula is C19H19ClN4O. The van der Waals surface area contributed by atoms with Gasteiger partial charge in [-0.25, -0.2) is 4.98 Å². The number of aromatic nitrogens is 3. The Balaban J connectivity index is 1.72. The maximum atomic E-state index is 12.3. The van der Waals surface area contributed by atoms with Crippen molar-refractivity contribution in [2.45, 2.75) is 26.9 Å². The van der Waals surface area contributed by atoms with Gasteiger partial charge in [0.1, 0.15) is 5.15 Å². The van der Waals surface area contributed by atoms with Crippen molar-refractivity contribution >= 4 is 17.5 Å². The van der Waals surface area contributed by atoms with Crippen LogP contribution >= 0.6 is 11.6 Å². The maximum absolute atomic E-state index is 12.3. The van der Waals surface area contributed by atoms with Crippen LogP contribution < -0.4 is 5.32 Å². The van der Waals surface area contributed by atoms with Gasteiger partial charge in [0.05, 0.1) is 12.2 Å². The van der Waals surface area contributed by atoms with Crippen molar-refractivity contribution in [2.24, 2.45) is 0 Å². The van der Waals surface area contributed by atoms with E-state index in [-0.39, 0.29) is 5.91 Å². The highest BCUT2D eigenvalue weighted by molar-refractivity contribution is 6.29. The van der Waals surface area contributed by atoms with Crippen molar-refractivity contribution in [3.8, 4) is 0 Å². The molecule has 0 spiro atoms. The smallest absolute Gasteiger partial charge is 0.251 e. The highest BCUT2D eigenvalue weighted by Crippen LogP contribution is 2.15. The van der Waals surface area contributed by atoms with Gasteiger partial charge in [-0.3, -0.25) is 9.48 Å². The molecule has 1 aromatic carbocycles. The van der Waals surface area contributed by atoms with Crippen LogP contribution in [0.15, 0.2) is 48.7 Å². The number of halogens is 1. The summed E-state index contributed by atoms with van der Waals surface area (Å²) in [6.45, 7) is 5.11. The first-order valence-corrected chi connectivity index (χ1v) is 8.39. The SMILES string of the molecule is Cc1nn(Cc2ccccc2)c(C)c1CNC(=O)c1ccnc(Cl)c1. The third-order valence-electron chi connectivity index (χ3n) is 4.12. The van der Waals surface area contributed by atoms with Gasteiger partial charge in [-0.2, -0.15) is 5.10 Å². The highest BCUT2D eigenvalue weighted by Gasteiger charge is 2.13. The van der Waals surface area contributed by atoms with Gasteiger partial charge in [0.25, 0.3) is 5.91 Å². The third-order valence-corrected chi connectivity index (χ3v) is 4.33. The molecule has 0 atom stereocenters. The fourth-order valence-electron chi connectivity index (χ4n) is 2.71. The zero-order valence-electron chi connectivity index (χ0n) is 14.2. The van der Waals surface area contributed by atoms with E-state index in [2.05, 4.69) is 27.5 Å². The van der Waals surface area contributed by atoms with Gasteiger partial charge in [-0.05, 0) is 31.5 Å². The standard InChI is InChI=1S/C19H19ClN4O/c1-13-17(11-22-19(25)16-8-9-21-18(20)10-16)14(2)24(23-13)12-15-6-4-3-5-7-15/h3-10H,11-12H2,1-2H3,(H,22,25). The largest absolute Gasteiger partial charge is 0.348 e. The molecule has 3 rings (SSSR count). The quantitative estimate of drug-likeness (QED) is 0.713. The lowest BCUT2D eigenvalue weighted by Gasteiger charge is -2.07. The minimum atomic E-state index is -0.182. The van der Waals surface area contributed by atoms with E-state index >= 15 is 0 Å². The highest BCUT2D eigenvalue weighted by atomic mass is 35.5. The summed E-state index contributed by atoms with van der Waals surface area (Å²) in [4.78, 5) is 16.1. The van der Waals surface area contributed by atoms with E-state index in [0.717, 1.165) is 17.0 Å². The van der Waals surface area contributed by atoms with Gasteiger partial charge in [-0.1, -0.05) is 41.9 Å². The first kappa shape index (κ1) is 17.2. The molecule has 5 nitrogen and oxygen atoms in total. The summed E-state index contributed by atoms with van der Waals surface area (Å²) in [5.74, 6) is -0.182. The molecule has 0 aliphatic heterocycles. The monoisotopic (exact) mass is 354 g/mol. The third kappa shape index (κ3) is 4.06. The summed E-state index contributed by atoms with van der Waals surface area (Å²) >= 11 is 5.83. The lowest BCUT2D eigenvalue weighted by Crippen LogP contribution is -2.23. The predicted molar refractivity (Wildman–Crippen MR) is 97.7 cm³/mol. The summed E-state index contributed by atoms with van der Waals surface area (Å²) in [7, 11) is 0. The number of nitrogens with one attached hydrogen (secondary N) is 1. The summed E-state index contributed by atoms with van der Waals surface area (Å²) in [6.07, 6.45) is 1.52. The Kier molecular flexibility index (Phi) is 5.14. The Morgan fingerprint density at radius 3 is 2.68 bits per heavy atom. The van der Waals surface area contributed by atoms with Crippen LogP contribution in [-0.2, 0) is 13.1 Å². The van der Waals surface area contributed by atoms with E-state index in [1.807, 2.05) is 36.7 Å². The van der Waals surface area contributed by atoms with Crippen molar-refractivity contribution in [3.63, 3.8) is 0 Å². The minimum Gasteiger partial charge on any atom is -0.348 e. The molecule has 0 fully saturated rings. The molecule has 0 aliphatic rings. The topological polar surface area (TPSA) is 59.8 Å². The molecule has 2 aromatic heterocycles. The Labute approximate surface area is 151 Å². The first-order valence-electron chi connectivity index (χ1n) is 8.01. The molecule has 0 radical (unpaired) electrons. The molecule has 3 aromatic rings. The Morgan fingerprint density at radius 1 is 1.20 bits per heavy atom. The minimum absolute atomic E-state index is 0.182. The van der Waals surface area contributed by atoms with Crippen LogP contribution in [0.4, 0.5) is 0 Å². The average Bonchev–Trinajstić information content (AvgIpc) is 2.87. The van der Waals surface area contributed by atoms with E-state index in [9.17, 15) is 4.79 Å². The van der Waals surface area contributed by atoms with E-state index in [4.69, 9.17) is 11.6 Å². The molecule has 0 saturated heterocycles. The van der Waals surface area contributed by atoms with Gasteiger partial charge in [-0.15, -0.1) is 0 Å². The molecule has 1 N–H and O–H groups in total. The molecule has 0 saturated carbocycles. The average molecular weight is 355 g/mol. The molecular weight excluding hydrogens is 336 g/mol. The zero-order chi connectivity index (χ0) is 17.8. The second-order valence-corrected chi connectivity index (χ2v) is 6.23. The van der Waals surface area contributed by atoms with Gasteiger partial charge < -0.3 is 5.32 Å². The Hall–Kier alpha value is -2.66. The number of amides is 1. The van der Waals surface area contributed by atoms with E-state index in [1.54, 1.807) is 12.1 Å². The normalized spacial score (nSPS) is 10.7. The number of hydrogen-bond acceptors (Lipinski definition) is 3. The number of benzene rings is 1. The van der Waals surface area contributed by atoms with Gasteiger partial charge in [0.15, 0.2) is 0 Å². The van der Waals surface area contributed by atoms with Gasteiger partial charge >= 0.3 is 0 Å². The van der Waals surface area contributed by atoms with Crippen LogP contribution in [-0.4, -0.2) is 20.7 Å². The van der Waals surface area contributed by atoms with Crippen LogP contribution in [0.1, 0.15) is 32.9 Å². The number of hydrogen-bond donors (Lipinski definition) is 1. The van der Waals surface area contributed by atoms with Gasteiger partial charge in [0.2, 0.25) is 0 Å². The fraction of sp³-hybridized carbons (Fsp3) is 0.211. The maximum Gasteiger partial charge on any atom is 0.251 e. The number of aryl methyl sites for hydroxylation is 1. The van der Waals surface area contributed by atoms with Crippen molar-refractivity contribution < 1.29 is 4.79 Å². The van der Waals surface area contributed by atoms with Crippen LogP contribution in [0.2, 0.25) is 5.15 Å². The zero-order valence-corrected chi connectivity index (χ0v) is 14.9. The number of pyridine rings is 1. The number of carbonyl (C=O) groups excluding carboxylic acids is 1. The first-order chi connectivity index (χ1) is 12.0. The Bertz CT molecular complexity index is 890. The van der Waals surface area contributed by atoms with Crippen molar-refractivity contribution in [2.75, 3.05) is 0 Å². The predicted octanol–water partition coefficient (Wildman–Crippen LogP) is 3.53. The van der Waals surface area contributed by atoms with Crippen LogP contribution in [0.3, 0.4) is 0 Å². The summed E-state index contributed by atoms with van der Waals surface area (Å²) in [5, 5.41) is 7.83. The van der Waals surface area contributed by atoms with Crippen LogP contribution in [0, 0.1) is 13.8 Å². The molecule has 0 bridgehead atoms. The molecule has 0 aliphatic carbocycles. The lowest BCUT2D eigenvalue weighted by atomic mass is 10.1. The van der Waals surface area contributed by atoms with E-state index in [0.29, 0.717) is 23.8 Å². The van der Waals surface area contributed by atoms with Crippen LogP contribution in [0.5, 0.6) is 0 Å². The van der Waals surface area contributed by atoms with Crippen LogP contribution in [0.25, 0.3) is 0 Å². The number of rotatable bonds is 5. The molecule has 128 valence electrons. The number of nitrogens with zero attached hydrogens (tertiary/aromatic N) is 3. The lowest BCUT2D eigenvalue weighted by molar-refractivity contribution is 0.0950. The van der Waals surface area contributed by atoms with Gasteiger partial charge in [0, 0.05) is 29.6 Å². The summed E-state index contributed by atoms with van der Waals surface area (Å²) in [5.41, 5.74) is 4.68. The molecule has 1 amide bonds. The second-order valence-electron chi connectivity index (χ2n) is 5.84. The molecule has 6 heteroatoms.